The summed E-state index contributed by atoms with van der Waals surface area (Å²) in [6.45, 7) is 0.796. The number of anilines is 2. The molecule has 1 aliphatic heterocycles. The Hall–Kier alpha value is -3.01. The molecule has 6 rings (SSSR count). The second-order valence-electron chi connectivity index (χ2n) is 7.12. The molecule has 30 heavy (non-hydrogen) atoms. The molecule has 0 saturated carbocycles. The monoisotopic (exact) mass is 437 g/mol. The van der Waals surface area contributed by atoms with Crippen molar-refractivity contribution in [3.05, 3.63) is 53.6 Å². The van der Waals surface area contributed by atoms with E-state index in [-0.39, 0.29) is 6.10 Å². The number of nitrogens with one attached hydrogen (secondary N) is 2. The molecule has 0 amide bonds. The van der Waals surface area contributed by atoms with Crippen molar-refractivity contribution in [3.8, 4) is 10.6 Å². The van der Waals surface area contributed by atoms with Crippen LogP contribution >= 0.6 is 22.9 Å². The Labute approximate surface area is 179 Å². The topological polar surface area (TPSA) is 93.0 Å². The van der Waals surface area contributed by atoms with Crippen LogP contribution in [0.25, 0.3) is 27.1 Å². The van der Waals surface area contributed by atoms with E-state index in [9.17, 15) is 0 Å². The fourth-order valence-corrected chi connectivity index (χ4v) is 4.78. The standard InChI is InChI=1S/C20H16ClN7OS/c21-17-12-9-22-25-13(12)5-6-14(17)24-20-27-26-19(30-20)11-3-1-7-28-10-15(23-18(11)28)16-4-2-8-29-16/h1,3,5-7,9-10,16H,2,4,8H2,(H,22,25)(H,24,27). The van der Waals surface area contributed by atoms with Crippen LogP contribution in [0, 0.1) is 0 Å². The molecular weight excluding hydrogens is 422 g/mol. The highest BCUT2D eigenvalue weighted by Gasteiger charge is 2.22. The van der Waals surface area contributed by atoms with E-state index >= 15 is 0 Å². The van der Waals surface area contributed by atoms with E-state index in [1.807, 2.05) is 41.1 Å². The molecule has 2 N–H and O–H groups in total. The molecule has 1 atom stereocenters. The van der Waals surface area contributed by atoms with E-state index in [1.54, 1.807) is 6.20 Å². The van der Waals surface area contributed by atoms with Crippen LogP contribution in [-0.4, -0.2) is 36.4 Å². The molecule has 10 heteroatoms. The van der Waals surface area contributed by atoms with Gasteiger partial charge in [-0.25, -0.2) is 4.98 Å². The van der Waals surface area contributed by atoms with Crippen molar-refractivity contribution in [3.63, 3.8) is 0 Å². The number of benzene rings is 1. The maximum atomic E-state index is 6.51. The fourth-order valence-electron chi connectivity index (χ4n) is 3.74. The summed E-state index contributed by atoms with van der Waals surface area (Å²) < 4.78 is 7.81. The number of imidazole rings is 1. The Bertz CT molecular complexity index is 1370. The van der Waals surface area contributed by atoms with Crippen molar-refractivity contribution in [2.75, 3.05) is 11.9 Å². The van der Waals surface area contributed by atoms with Crippen LogP contribution in [0.2, 0.25) is 5.02 Å². The number of hydrogen-bond acceptors (Lipinski definition) is 7. The van der Waals surface area contributed by atoms with Crippen molar-refractivity contribution in [2.24, 2.45) is 0 Å². The number of hydrogen-bond donors (Lipinski definition) is 2. The van der Waals surface area contributed by atoms with Crippen LogP contribution in [0.1, 0.15) is 24.6 Å². The minimum absolute atomic E-state index is 0.0735. The zero-order valence-electron chi connectivity index (χ0n) is 15.7. The Morgan fingerprint density at radius 3 is 3.13 bits per heavy atom. The minimum Gasteiger partial charge on any atom is -0.372 e. The fraction of sp³-hybridized carbons (Fsp3) is 0.200. The molecule has 0 bridgehead atoms. The predicted molar refractivity (Wildman–Crippen MR) is 116 cm³/mol. The van der Waals surface area contributed by atoms with Gasteiger partial charge in [0.15, 0.2) is 5.01 Å². The maximum Gasteiger partial charge on any atom is 0.210 e. The van der Waals surface area contributed by atoms with Gasteiger partial charge in [0.05, 0.1) is 33.7 Å². The smallest absolute Gasteiger partial charge is 0.210 e. The van der Waals surface area contributed by atoms with Gasteiger partial charge in [-0.05, 0) is 37.1 Å². The molecule has 0 aliphatic carbocycles. The van der Waals surface area contributed by atoms with Crippen molar-refractivity contribution in [2.45, 2.75) is 18.9 Å². The van der Waals surface area contributed by atoms with Gasteiger partial charge in [-0.15, -0.1) is 10.2 Å². The number of ether oxygens (including phenoxy) is 1. The van der Waals surface area contributed by atoms with E-state index in [0.29, 0.717) is 10.2 Å². The molecule has 5 aromatic rings. The Kier molecular flexibility index (Phi) is 4.19. The lowest BCUT2D eigenvalue weighted by Gasteiger charge is -2.05. The largest absolute Gasteiger partial charge is 0.372 e. The van der Waals surface area contributed by atoms with E-state index in [0.717, 1.165) is 58.0 Å². The Balaban J connectivity index is 1.34. The first-order valence-corrected chi connectivity index (χ1v) is 10.8. The molecule has 1 unspecified atom stereocenters. The number of aromatic nitrogens is 6. The number of rotatable bonds is 4. The van der Waals surface area contributed by atoms with Crippen molar-refractivity contribution in [1.29, 1.82) is 0 Å². The molecule has 1 saturated heterocycles. The first kappa shape index (κ1) is 17.8. The quantitative estimate of drug-likeness (QED) is 0.412. The number of pyridine rings is 1. The lowest BCUT2D eigenvalue weighted by Crippen LogP contribution is -1.95. The van der Waals surface area contributed by atoms with Gasteiger partial charge in [-0.1, -0.05) is 22.9 Å². The molecular formula is C20H16ClN7OS. The summed E-state index contributed by atoms with van der Waals surface area (Å²) in [6, 6.07) is 7.82. The summed E-state index contributed by atoms with van der Waals surface area (Å²) in [5.74, 6) is 0. The van der Waals surface area contributed by atoms with Crippen LogP contribution in [0.5, 0.6) is 0 Å². The summed E-state index contributed by atoms with van der Waals surface area (Å²) in [7, 11) is 0. The highest BCUT2D eigenvalue weighted by molar-refractivity contribution is 7.18. The van der Waals surface area contributed by atoms with Gasteiger partial charge in [0, 0.05) is 24.4 Å². The number of H-pyrrole nitrogens is 1. The predicted octanol–water partition coefficient (Wildman–Crippen LogP) is 4.98. The Morgan fingerprint density at radius 1 is 1.27 bits per heavy atom. The summed E-state index contributed by atoms with van der Waals surface area (Å²) in [4.78, 5) is 4.83. The third-order valence-electron chi connectivity index (χ3n) is 5.22. The third-order valence-corrected chi connectivity index (χ3v) is 6.50. The molecule has 8 nitrogen and oxygen atoms in total. The molecule has 1 aliphatic rings. The van der Waals surface area contributed by atoms with Crippen LogP contribution in [0.15, 0.2) is 42.9 Å². The van der Waals surface area contributed by atoms with Gasteiger partial charge in [-0.3, -0.25) is 5.10 Å². The summed E-state index contributed by atoms with van der Waals surface area (Å²) >= 11 is 7.96. The van der Waals surface area contributed by atoms with E-state index in [2.05, 4.69) is 25.7 Å². The summed E-state index contributed by atoms with van der Waals surface area (Å²) in [5, 5.41) is 21.8. The average molecular weight is 438 g/mol. The second kappa shape index (κ2) is 7.05. The number of aromatic amines is 1. The van der Waals surface area contributed by atoms with Crippen LogP contribution in [-0.2, 0) is 4.74 Å². The summed E-state index contributed by atoms with van der Waals surface area (Å²) in [5.41, 5.74) is 4.39. The van der Waals surface area contributed by atoms with Crippen molar-refractivity contribution < 1.29 is 4.74 Å². The lowest BCUT2D eigenvalue weighted by molar-refractivity contribution is 0.109. The maximum absolute atomic E-state index is 6.51. The van der Waals surface area contributed by atoms with E-state index < -0.39 is 0 Å². The third kappa shape index (κ3) is 2.94. The van der Waals surface area contributed by atoms with Gasteiger partial charge in [0.25, 0.3) is 0 Å². The zero-order valence-corrected chi connectivity index (χ0v) is 17.2. The van der Waals surface area contributed by atoms with Gasteiger partial charge in [0.2, 0.25) is 5.13 Å². The van der Waals surface area contributed by atoms with Crippen LogP contribution in [0.3, 0.4) is 0 Å². The first-order valence-electron chi connectivity index (χ1n) is 9.58. The highest BCUT2D eigenvalue weighted by atomic mass is 35.5. The Morgan fingerprint density at radius 2 is 2.23 bits per heavy atom. The summed E-state index contributed by atoms with van der Waals surface area (Å²) in [6.07, 6.45) is 7.89. The zero-order chi connectivity index (χ0) is 20.1. The lowest BCUT2D eigenvalue weighted by atomic mass is 10.2. The second-order valence-corrected chi connectivity index (χ2v) is 8.47. The van der Waals surface area contributed by atoms with Gasteiger partial charge < -0.3 is 14.5 Å². The van der Waals surface area contributed by atoms with E-state index in [4.69, 9.17) is 21.3 Å². The van der Waals surface area contributed by atoms with Gasteiger partial charge >= 0.3 is 0 Å². The SMILES string of the molecule is Clc1c(Nc2nnc(-c3cccn4cc(C5CCCO5)nc34)s2)ccc2[nH]ncc12. The molecule has 150 valence electrons. The molecule has 0 radical (unpaired) electrons. The van der Waals surface area contributed by atoms with Crippen LogP contribution in [0.4, 0.5) is 10.8 Å². The average Bonchev–Trinajstić information content (AvgIpc) is 3.54. The van der Waals surface area contributed by atoms with E-state index in [1.165, 1.54) is 11.3 Å². The first-order chi connectivity index (χ1) is 14.8. The normalized spacial score (nSPS) is 16.6. The van der Waals surface area contributed by atoms with Gasteiger partial charge in [0.1, 0.15) is 11.8 Å². The molecule has 1 aromatic carbocycles. The minimum atomic E-state index is 0.0735. The highest BCUT2D eigenvalue weighted by Crippen LogP contribution is 2.36. The number of halogens is 1. The van der Waals surface area contributed by atoms with Crippen molar-refractivity contribution in [1.82, 2.24) is 29.8 Å². The van der Waals surface area contributed by atoms with Crippen molar-refractivity contribution >= 4 is 50.3 Å². The number of nitrogens with zero attached hydrogens (tertiary/aromatic N) is 5. The molecule has 1 fully saturated rings. The van der Waals surface area contributed by atoms with Crippen LogP contribution < -0.4 is 5.32 Å². The number of fused-ring (bicyclic) bond motifs is 2. The molecule has 0 spiro atoms. The van der Waals surface area contributed by atoms with Gasteiger partial charge in [-0.2, -0.15) is 5.10 Å². The molecule has 4 aromatic heterocycles. The molecule has 5 heterocycles.